The first kappa shape index (κ1) is 42.5. The number of aliphatic hydroxyl groups excluding tert-OH is 2. The van der Waals surface area contributed by atoms with Crippen LogP contribution in [0.5, 0.6) is 11.5 Å². The largest absolute Gasteiger partial charge is 0.475 e. The number of amides is 2. The summed E-state index contributed by atoms with van der Waals surface area (Å²) in [4.78, 5) is 31.2. The molecule has 0 saturated carbocycles. The molecule has 2 amide bonds. The number of aryl methyl sites for hydroxylation is 2. The molecule has 0 fully saturated rings. The van der Waals surface area contributed by atoms with Gasteiger partial charge in [-0.1, -0.05) is 71.4 Å². The predicted octanol–water partition coefficient (Wildman–Crippen LogP) is 7.76. The molecule has 6 N–H and O–H groups in total. The van der Waals surface area contributed by atoms with E-state index in [-0.39, 0.29) is 11.8 Å². The Morgan fingerprint density at radius 3 is 1.51 bits per heavy atom. The molecule has 12 nitrogen and oxygen atoms in total. The van der Waals surface area contributed by atoms with E-state index >= 15 is 0 Å². The standard InChI is InChI=1S/C20H18F2N2O4S.C19H15BrF2N2O4/c1-10-3-5-11(6-4-10)17-20(29-2)28-19(24-17)14(9-25)27-13-8-7-12(21)15(16(13)22)18(23)26;1-9-2-4-10(5-3-9)16-17(20)28-19(24-16)13(8-25)27-12-7-6-11(21)14(15(12)22)18(23)26/h3-8,14,25H,9H2,1-2H3,(H2,23,26);2-7,13,25H,8H2,1H3,(H2,23,26). The number of aromatic nitrogens is 2. The van der Waals surface area contributed by atoms with E-state index in [1.807, 2.05) is 62.4 Å². The Hall–Kier alpha value is -5.69. The van der Waals surface area contributed by atoms with Crippen molar-refractivity contribution in [2.45, 2.75) is 31.1 Å². The molecule has 6 rings (SSSR count). The van der Waals surface area contributed by atoms with Crippen LogP contribution in [0.4, 0.5) is 17.6 Å². The highest BCUT2D eigenvalue weighted by molar-refractivity contribution is 9.10. The molecule has 57 heavy (non-hydrogen) atoms. The van der Waals surface area contributed by atoms with Gasteiger partial charge in [-0.25, -0.2) is 27.5 Å². The Kier molecular flexibility index (Phi) is 13.8. The van der Waals surface area contributed by atoms with Crippen molar-refractivity contribution in [1.82, 2.24) is 9.97 Å². The zero-order valence-electron chi connectivity index (χ0n) is 30.2. The van der Waals surface area contributed by atoms with E-state index in [4.69, 9.17) is 29.8 Å². The lowest BCUT2D eigenvalue weighted by atomic mass is 10.1. The summed E-state index contributed by atoms with van der Waals surface area (Å²) in [7, 11) is 0. The number of hydrogen-bond acceptors (Lipinski definition) is 11. The van der Waals surface area contributed by atoms with Gasteiger partial charge in [-0.15, -0.1) is 0 Å². The van der Waals surface area contributed by atoms with Crippen molar-refractivity contribution < 1.29 is 55.7 Å². The maximum absolute atomic E-state index is 14.4. The number of benzene rings is 4. The first-order valence-electron chi connectivity index (χ1n) is 16.6. The molecule has 2 unspecified atom stereocenters. The van der Waals surface area contributed by atoms with Crippen molar-refractivity contribution in [2.75, 3.05) is 19.5 Å². The highest BCUT2D eigenvalue weighted by Gasteiger charge is 2.28. The van der Waals surface area contributed by atoms with Crippen molar-refractivity contribution in [3.05, 3.63) is 135 Å². The minimum atomic E-state index is -1.28. The number of hydrogen-bond donors (Lipinski definition) is 4. The summed E-state index contributed by atoms with van der Waals surface area (Å²) in [6.45, 7) is 2.70. The van der Waals surface area contributed by atoms with E-state index in [1.54, 1.807) is 6.26 Å². The molecule has 2 atom stereocenters. The van der Waals surface area contributed by atoms with Crippen LogP contribution < -0.4 is 20.9 Å². The van der Waals surface area contributed by atoms with Crippen LogP contribution in [-0.2, 0) is 0 Å². The van der Waals surface area contributed by atoms with Crippen molar-refractivity contribution in [2.24, 2.45) is 11.5 Å². The molecular formula is C39H33BrF4N4O8S. The molecule has 0 spiro atoms. The second-order valence-corrected chi connectivity index (χ2v) is 13.6. The second kappa shape index (κ2) is 18.5. The second-order valence-electron chi connectivity index (χ2n) is 12.1. The average molecular weight is 874 g/mol. The molecule has 0 radical (unpaired) electrons. The number of carbonyl (C=O) groups excluding carboxylic acids is 2. The van der Waals surface area contributed by atoms with E-state index < -0.39 is 83.1 Å². The number of oxazole rings is 2. The van der Waals surface area contributed by atoms with Crippen LogP contribution in [-0.4, -0.2) is 51.5 Å². The van der Waals surface area contributed by atoms with Gasteiger partial charge in [0.1, 0.15) is 34.1 Å². The lowest BCUT2D eigenvalue weighted by Gasteiger charge is -2.15. The van der Waals surface area contributed by atoms with Crippen molar-refractivity contribution in [3.8, 4) is 34.0 Å². The first-order chi connectivity index (χ1) is 27.2. The Morgan fingerprint density at radius 2 is 1.11 bits per heavy atom. The van der Waals surface area contributed by atoms with Crippen LogP contribution in [0.25, 0.3) is 22.5 Å². The molecule has 2 heterocycles. The molecule has 4 aromatic carbocycles. The fourth-order valence-corrected chi connectivity index (χ4v) is 6.18. The Labute approximate surface area is 335 Å². The Bertz CT molecular complexity index is 2390. The first-order valence-corrected chi connectivity index (χ1v) is 18.6. The number of rotatable bonds is 13. The number of primary amides is 2. The fourth-order valence-electron chi connectivity index (χ4n) is 5.17. The highest BCUT2D eigenvalue weighted by Crippen LogP contribution is 2.36. The lowest BCUT2D eigenvalue weighted by molar-refractivity contribution is 0.0858. The number of halogens is 5. The van der Waals surface area contributed by atoms with Gasteiger partial charge in [0, 0.05) is 11.1 Å². The van der Waals surface area contributed by atoms with E-state index in [1.165, 1.54) is 11.8 Å². The lowest BCUT2D eigenvalue weighted by Crippen LogP contribution is -2.18. The van der Waals surface area contributed by atoms with Crippen LogP contribution in [0.1, 0.15) is 55.8 Å². The normalized spacial score (nSPS) is 12.0. The third-order valence-electron chi connectivity index (χ3n) is 8.08. The third kappa shape index (κ3) is 9.65. The van der Waals surface area contributed by atoms with Gasteiger partial charge >= 0.3 is 0 Å². The van der Waals surface area contributed by atoms with Crippen molar-refractivity contribution in [3.63, 3.8) is 0 Å². The van der Waals surface area contributed by atoms with E-state index in [0.29, 0.717) is 21.1 Å². The Morgan fingerprint density at radius 1 is 0.702 bits per heavy atom. The highest BCUT2D eigenvalue weighted by atomic mass is 79.9. The van der Waals surface area contributed by atoms with Gasteiger partial charge < -0.3 is 40.0 Å². The van der Waals surface area contributed by atoms with Gasteiger partial charge in [0.15, 0.2) is 45.1 Å². The van der Waals surface area contributed by atoms with E-state index in [0.717, 1.165) is 46.5 Å². The van der Waals surface area contributed by atoms with E-state index in [2.05, 4.69) is 25.9 Å². The molecule has 2 aromatic heterocycles. The fraction of sp³-hybridized carbons (Fsp3) is 0.179. The maximum atomic E-state index is 14.4. The zero-order chi connectivity index (χ0) is 41.6. The molecule has 6 aromatic rings. The maximum Gasteiger partial charge on any atom is 0.254 e. The van der Waals surface area contributed by atoms with Crippen LogP contribution in [0.2, 0.25) is 0 Å². The topological polar surface area (TPSA) is 197 Å². The number of nitrogens with zero attached hydrogens (tertiary/aromatic N) is 2. The number of carbonyl (C=O) groups is 2. The summed E-state index contributed by atoms with van der Waals surface area (Å²) in [6.07, 6.45) is -0.577. The quantitative estimate of drug-likeness (QED) is 0.0654. The summed E-state index contributed by atoms with van der Waals surface area (Å²) in [5.41, 5.74) is 12.9. The summed E-state index contributed by atoms with van der Waals surface area (Å²) < 4.78 is 78.4. The van der Waals surface area contributed by atoms with Crippen LogP contribution >= 0.6 is 27.7 Å². The Balaban J connectivity index is 0.000000218. The van der Waals surface area contributed by atoms with Gasteiger partial charge in [0.05, 0.1) is 13.2 Å². The average Bonchev–Trinajstić information content (AvgIpc) is 3.79. The molecule has 0 aliphatic rings. The predicted molar refractivity (Wildman–Crippen MR) is 203 cm³/mol. The summed E-state index contributed by atoms with van der Waals surface area (Å²) in [5, 5.41) is 19.9. The van der Waals surface area contributed by atoms with Gasteiger partial charge in [-0.3, -0.25) is 9.59 Å². The third-order valence-corrected chi connectivity index (χ3v) is 9.26. The summed E-state index contributed by atoms with van der Waals surface area (Å²) >= 11 is 4.57. The summed E-state index contributed by atoms with van der Waals surface area (Å²) in [5.74, 6) is -8.24. The van der Waals surface area contributed by atoms with E-state index in [9.17, 15) is 37.4 Å². The minimum absolute atomic E-state index is 0.0109. The van der Waals surface area contributed by atoms with Crippen LogP contribution in [0.3, 0.4) is 0 Å². The van der Waals surface area contributed by atoms with Crippen molar-refractivity contribution >= 4 is 39.5 Å². The molecule has 0 saturated heterocycles. The molecule has 0 bridgehead atoms. The molecule has 18 heteroatoms. The van der Waals surface area contributed by atoms with Crippen LogP contribution in [0, 0.1) is 37.1 Å². The number of ether oxygens (including phenoxy) is 2. The molecule has 0 aliphatic heterocycles. The smallest absolute Gasteiger partial charge is 0.254 e. The van der Waals surface area contributed by atoms with Gasteiger partial charge in [-0.2, -0.15) is 0 Å². The van der Waals surface area contributed by atoms with Crippen molar-refractivity contribution in [1.29, 1.82) is 0 Å². The molecule has 298 valence electrons. The number of nitrogens with two attached hydrogens (primary N) is 2. The minimum Gasteiger partial charge on any atom is -0.475 e. The monoisotopic (exact) mass is 872 g/mol. The van der Waals surface area contributed by atoms with Gasteiger partial charge in [0.25, 0.3) is 11.8 Å². The van der Waals surface area contributed by atoms with Gasteiger partial charge in [0.2, 0.25) is 11.8 Å². The van der Waals surface area contributed by atoms with Crippen LogP contribution in [0.15, 0.2) is 91.4 Å². The SMILES string of the molecule is CSc1oc(C(CO)Oc2ccc(F)c(C(N)=O)c2F)nc1-c1ccc(C)cc1.Cc1ccc(-c2nc(C(CO)Oc3ccc(F)c(C(N)=O)c3F)oc2Br)cc1. The summed E-state index contributed by atoms with van der Waals surface area (Å²) in [6, 6.07) is 18.8. The number of thioether (sulfide) groups is 1. The number of aliphatic hydroxyl groups is 2. The van der Waals surface area contributed by atoms with Gasteiger partial charge in [-0.05, 0) is 60.3 Å². The molecule has 0 aliphatic carbocycles. The molecular weight excluding hydrogens is 840 g/mol. The zero-order valence-corrected chi connectivity index (χ0v) is 32.6.